The Morgan fingerprint density at radius 1 is 1.45 bits per heavy atom. The van der Waals surface area contributed by atoms with Crippen LogP contribution in [0.4, 0.5) is 0 Å². The molecule has 0 saturated heterocycles. The molecule has 5 nitrogen and oxygen atoms in total. The van der Waals surface area contributed by atoms with Crippen LogP contribution in [-0.4, -0.2) is 36.4 Å². The minimum Gasteiger partial charge on any atom is -0.480 e. The van der Waals surface area contributed by atoms with Gasteiger partial charge >= 0.3 is 5.97 Å². The van der Waals surface area contributed by atoms with Crippen molar-refractivity contribution in [2.24, 2.45) is 0 Å². The molecule has 110 valence electrons. The third kappa shape index (κ3) is 2.97. The largest absolute Gasteiger partial charge is 0.480 e. The number of carboxylic acids is 1. The van der Waals surface area contributed by atoms with E-state index in [4.69, 9.17) is 16.7 Å². The first-order chi connectivity index (χ1) is 9.32. The van der Waals surface area contributed by atoms with Gasteiger partial charge in [0.05, 0.1) is 4.90 Å². The monoisotopic (exact) mass is 317 g/mol. The van der Waals surface area contributed by atoms with Crippen molar-refractivity contribution in [3.63, 3.8) is 0 Å². The minimum absolute atomic E-state index is 0.0428. The van der Waals surface area contributed by atoms with Crippen LogP contribution >= 0.6 is 11.6 Å². The Morgan fingerprint density at radius 2 is 2.10 bits per heavy atom. The molecular formula is C13H16ClNO4S. The Bertz CT molecular complexity index is 625. The van der Waals surface area contributed by atoms with E-state index in [2.05, 4.69) is 0 Å². The van der Waals surface area contributed by atoms with Crippen molar-refractivity contribution in [3.05, 3.63) is 28.8 Å². The van der Waals surface area contributed by atoms with Crippen LogP contribution in [0.3, 0.4) is 0 Å². The summed E-state index contributed by atoms with van der Waals surface area (Å²) >= 11 is 5.96. The maximum atomic E-state index is 12.6. The van der Waals surface area contributed by atoms with E-state index in [0.717, 1.165) is 16.3 Å². The Kier molecular flexibility index (Phi) is 4.36. The van der Waals surface area contributed by atoms with Crippen molar-refractivity contribution >= 4 is 27.6 Å². The molecule has 0 bridgehead atoms. The molecule has 0 aromatic heterocycles. The highest BCUT2D eigenvalue weighted by molar-refractivity contribution is 7.89. The maximum Gasteiger partial charge on any atom is 0.318 e. The van der Waals surface area contributed by atoms with Crippen LogP contribution in [0.2, 0.25) is 5.02 Å². The van der Waals surface area contributed by atoms with Gasteiger partial charge in [0.2, 0.25) is 10.0 Å². The highest BCUT2D eigenvalue weighted by Gasteiger charge is 2.36. The fourth-order valence-electron chi connectivity index (χ4n) is 2.09. The SMILES string of the molecule is Cc1ccc(S(=O)(=O)N(CC(=O)O)C2CCC2)cc1Cl. The first kappa shape index (κ1) is 15.3. The van der Waals surface area contributed by atoms with E-state index in [9.17, 15) is 13.2 Å². The summed E-state index contributed by atoms with van der Waals surface area (Å²) in [5.41, 5.74) is 0.777. The van der Waals surface area contributed by atoms with Crippen molar-refractivity contribution in [1.29, 1.82) is 0 Å². The predicted molar refractivity (Wildman–Crippen MR) is 75.4 cm³/mol. The van der Waals surface area contributed by atoms with Crippen LogP contribution < -0.4 is 0 Å². The smallest absolute Gasteiger partial charge is 0.318 e. The lowest BCUT2D eigenvalue weighted by Crippen LogP contribution is -2.46. The third-order valence-electron chi connectivity index (χ3n) is 3.52. The molecule has 0 atom stereocenters. The first-order valence-corrected chi connectivity index (χ1v) is 8.14. The minimum atomic E-state index is -3.83. The van der Waals surface area contributed by atoms with E-state index in [-0.39, 0.29) is 10.9 Å². The van der Waals surface area contributed by atoms with E-state index in [1.807, 2.05) is 0 Å². The fraction of sp³-hybridized carbons (Fsp3) is 0.462. The molecular weight excluding hydrogens is 302 g/mol. The molecule has 1 N–H and O–H groups in total. The van der Waals surface area contributed by atoms with E-state index in [0.29, 0.717) is 17.9 Å². The Balaban J connectivity index is 2.38. The number of aryl methyl sites for hydroxylation is 1. The molecule has 0 radical (unpaired) electrons. The summed E-state index contributed by atoms with van der Waals surface area (Å²) in [6.07, 6.45) is 2.32. The molecule has 0 unspecified atom stereocenters. The summed E-state index contributed by atoms with van der Waals surface area (Å²) in [5, 5.41) is 9.29. The van der Waals surface area contributed by atoms with Crippen molar-refractivity contribution < 1.29 is 18.3 Å². The molecule has 0 amide bonds. The summed E-state index contributed by atoms with van der Waals surface area (Å²) < 4.78 is 26.2. The average Bonchev–Trinajstić information content (AvgIpc) is 2.29. The van der Waals surface area contributed by atoms with Gasteiger partial charge in [0.1, 0.15) is 6.54 Å². The van der Waals surface area contributed by atoms with Gasteiger partial charge in [-0.3, -0.25) is 4.79 Å². The summed E-state index contributed by atoms with van der Waals surface area (Å²) in [4.78, 5) is 11.0. The van der Waals surface area contributed by atoms with Crippen molar-refractivity contribution in [2.45, 2.75) is 37.1 Å². The van der Waals surface area contributed by atoms with E-state index in [1.54, 1.807) is 13.0 Å². The number of hydrogen-bond donors (Lipinski definition) is 1. The van der Waals surface area contributed by atoms with Gasteiger partial charge in [-0.1, -0.05) is 24.1 Å². The first-order valence-electron chi connectivity index (χ1n) is 6.32. The van der Waals surface area contributed by atoms with Gasteiger partial charge in [0.15, 0.2) is 0 Å². The fourth-order valence-corrected chi connectivity index (χ4v) is 3.99. The second-order valence-electron chi connectivity index (χ2n) is 4.94. The summed E-state index contributed by atoms with van der Waals surface area (Å²) in [6, 6.07) is 4.23. The molecule has 7 heteroatoms. The highest BCUT2D eigenvalue weighted by Crippen LogP contribution is 2.31. The van der Waals surface area contributed by atoms with Crippen LogP contribution in [0.1, 0.15) is 24.8 Å². The number of carboxylic acid groups (broad SMARTS) is 1. The van der Waals surface area contributed by atoms with Crippen molar-refractivity contribution in [3.8, 4) is 0 Å². The lowest BCUT2D eigenvalue weighted by Gasteiger charge is -2.35. The highest BCUT2D eigenvalue weighted by atomic mass is 35.5. The Labute approximate surface area is 123 Å². The van der Waals surface area contributed by atoms with Crippen LogP contribution in [0.15, 0.2) is 23.1 Å². The van der Waals surface area contributed by atoms with Crippen LogP contribution in [0.25, 0.3) is 0 Å². The predicted octanol–water partition coefficient (Wildman–Crippen LogP) is 2.28. The standard InChI is InChI=1S/C13H16ClNO4S/c1-9-5-6-11(7-12(9)14)20(18,19)15(8-13(16)17)10-3-2-4-10/h5-7,10H,2-4,8H2,1H3,(H,16,17). The zero-order valence-electron chi connectivity index (χ0n) is 11.0. The maximum absolute atomic E-state index is 12.6. The van der Waals surface area contributed by atoms with Crippen molar-refractivity contribution in [2.75, 3.05) is 6.54 Å². The van der Waals surface area contributed by atoms with Crippen LogP contribution in [-0.2, 0) is 14.8 Å². The topological polar surface area (TPSA) is 74.7 Å². The Hall–Kier alpha value is -1.11. The second kappa shape index (κ2) is 5.71. The molecule has 1 aliphatic rings. The number of sulfonamides is 1. The molecule has 20 heavy (non-hydrogen) atoms. The van der Waals surface area contributed by atoms with Gasteiger partial charge in [-0.05, 0) is 37.5 Å². The van der Waals surface area contributed by atoms with Gasteiger partial charge < -0.3 is 5.11 Å². The lowest BCUT2D eigenvalue weighted by atomic mass is 9.93. The molecule has 0 spiro atoms. The number of benzene rings is 1. The summed E-state index contributed by atoms with van der Waals surface area (Å²) in [6.45, 7) is 1.26. The summed E-state index contributed by atoms with van der Waals surface area (Å²) in [7, 11) is -3.83. The van der Waals surface area contributed by atoms with Crippen molar-refractivity contribution in [1.82, 2.24) is 4.31 Å². The molecule has 1 aliphatic carbocycles. The average molecular weight is 318 g/mol. The molecule has 1 aromatic carbocycles. The molecule has 1 aromatic rings. The number of hydrogen-bond acceptors (Lipinski definition) is 3. The number of carbonyl (C=O) groups is 1. The molecule has 2 rings (SSSR count). The molecule has 0 aliphatic heterocycles. The Morgan fingerprint density at radius 3 is 2.55 bits per heavy atom. The van der Waals surface area contributed by atoms with Gasteiger partial charge in [-0.2, -0.15) is 4.31 Å². The van der Waals surface area contributed by atoms with E-state index in [1.165, 1.54) is 12.1 Å². The summed E-state index contributed by atoms with van der Waals surface area (Å²) in [5.74, 6) is -1.15. The van der Waals surface area contributed by atoms with Gasteiger partial charge in [-0.15, -0.1) is 0 Å². The lowest BCUT2D eigenvalue weighted by molar-refractivity contribution is -0.137. The van der Waals surface area contributed by atoms with Gasteiger partial charge in [-0.25, -0.2) is 8.42 Å². The molecule has 1 fully saturated rings. The van der Waals surface area contributed by atoms with Gasteiger partial charge in [0, 0.05) is 11.1 Å². The third-order valence-corrected chi connectivity index (χ3v) is 5.82. The zero-order valence-corrected chi connectivity index (χ0v) is 12.6. The number of aliphatic carboxylic acids is 1. The van der Waals surface area contributed by atoms with E-state index < -0.39 is 22.5 Å². The second-order valence-corrected chi connectivity index (χ2v) is 7.24. The van der Waals surface area contributed by atoms with E-state index >= 15 is 0 Å². The zero-order chi connectivity index (χ0) is 14.9. The number of rotatable bonds is 5. The van der Waals surface area contributed by atoms with Gasteiger partial charge in [0.25, 0.3) is 0 Å². The number of halogens is 1. The number of nitrogens with zero attached hydrogens (tertiary/aromatic N) is 1. The van der Waals surface area contributed by atoms with Crippen LogP contribution in [0.5, 0.6) is 0 Å². The van der Waals surface area contributed by atoms with Crippen LogP contribution in [0, 0.1) is 6.92 Å². The molecule has 1 saturated carbocycles. The quantitative estimate of drug-likeness (QED) is 0.904. The normalized spacial score (nSPS) is 16.1. The molecule has 0 heterocycles.